The van der Waals surface area contributed by atoms with Crippen LogP contribution in [0.4, 0.5) is 4.79 Å². The number of carboxylic acids is 1. The Kier molecular flexibility index (Phi) is 5.40. The molecule has 1 saturated heterocycles. The summed E-state index contributed by atoms with van der Waals surface area (Å²) in [6.45, 7) is 4.60. The summed E-state index contributed by atoms with van der Waals surface area (Å²) in [6.07, 6.45) is 2.06. The molecule has 0 radical (unpaired) electrons. The van der Waals surface area contributed by atoms with Crippen molar-refractivity contribution in [3.05, 3.63) is 0 Å². The van der Waals surface area contributed by atoms with Crippen LogP contribution in [0.5, 0.6) is 0 Å². The molecule has 6 heteroatoms. The fourth-order valence-electron chi connectivity index (χ4n) is 2.01. The molecule has 0 saturated carbocycles. The number of carbonyl (C=O) groups excluding carboxylic acids is 1. The topological polar surface area (TPSA) is 70.1 Å². The second-order valence-corrected chi connectivity index (χ2v) is 4.91. The highest BCUT2D eigenvalue weighted by Gasteiger charge is 2.26. The molecule has 2 amide bonds. The van der Waals surface area contributed by atoms with Crippen LogP contribution in [0.25, 0.3) is 0 Å². The predicted octanol–water partition coefficient (Wildman–Crippen LogP) is 1.01. The zero-order chi connectivity index (χ0) is 13.7. The van der Waals surface area contributed by atoms with Crippen LogP contribution >= 0.6 is 0 Å². The Morgan fingerprint density at radius 1 is 1.44 bits per heavy atom. The molecule has 1 fully saturated rings. The van der Waals surface area contributed by atoms with Crippen molar-refractivity contribution in [3.8, 4) is 0 Å². The lowest BCUT2D eigenvalue weighted by Gasteiger charge is -2.31. The Balaban J connectivity index is 2.54. The molecule has 0 aromatic heterocycles. The van der Waals surface area contributed by atoms with Gasteiger partial charge in [-0.05, 0) is 26.7 Å². The second kappa shape index (κ2) is 6.58. The van der Waals surface area contributed by atoms with Gasteiger partial charge in [-0.1, -0.05) is 0 Å². The van der Waals surface area contributed by atoms with Gasteiger partial charge in [0.05, 0.1) is 6.10 Å². The third kappa shape index (κ3) is 4.18. The Hall–Kier alpha value is -1.30. The second-order valence-electron chi connectivity index (χ2n) is 4.91. The van der Waals surface area contributed by atoms with Crippen LogP contribution in [0.3, 0.4) is 0 Å². The van der Waals surface area contributed by atoms with Gasteiger partial charge in [0.2, 0.25) is 0 Å². The number of urea groups is 1. The van der Waals surface area contributed by atoms with Gasteiger partial charge < -0.3 is 19.6 Å². The summed E-state index contributed by atoms with van der Waals surface area (Å²) in [5, 5.41) is 8.81. The predicted molar refractivity (Wildman–Crippen MR) is 66.5 cm³/mol. The minimum absolute atomic E-state index is 0.0813. The molecule has 6 nitrogen and oxygen atoms in total. The molecule has 0 aromatic rings. The van der Waals surface area contributed by atoms with Crippen molar-refractivity contribution in [2.24, 2.45) is 0 Å². The Morgan fingerprint density at radius 2 is 2.11 bits per heavy atom. The summed E-state index contributed by atoms with van der Waals surface area (Å²) in [4.78, 5) is 25.8. The first-order valence-corrected chi connectivity index (χ1v) is 6.27. The molecule has 18 heavy (non-hydrogen) atoms. The highest BCUT2D eigenvalue weighted by atomic mass is 16.5. The molecule has 0 bridgehead atoms. The Morgan fingerprint density at radius 3 is 2.56 bits per heavy atom. The van der Waals surface area contributed by atoms with Gasteiger partial charge in [0.25, 0.3) is 0 Å². The highest BCUT2D eigenvalue weighted by molar-refractivity contribution is 5.80. The van der Waals surface area contributed by atoms with Crippen LogP contribution in [0.1, 0.15) is 26.7 Å². The summed E-state index contributed by atoms with van der Waals surface area (Å²) in [6, 6.07) is -0.400. The van der Waals surface area contributed by atoms with Crippen molar-refractivity contribution < 1.29 is 19.4 Å². The monoisotopic (exact) mass is 258 g/mol. The van der Waals surface area contributed by atoms with Gasteiger partial charge >= 0.3 is 12.0 Å². The fourth-order valence-corrected chi connectivity index (χ4v) is 2.01. The van der Waals surface area contributed by atoms with Gasteiger partial charge in [-0.3, -0.25) is 4.79 Å². The highest BCUT2D eigenvalue weighted by Crippen LogP contribution is 2.14. The van der Waals surface area contributed by atoms with Crippen molar-refractivity contribution in [3.63, 3.8) is 0 Å². The van der Waals surface area contributed by atoms with Gasteiger partial charge in [0.15, 0.2) is 0 Å². The SMILES string of the molecule is CC(C)N(CC(=O)O)C(=O)N(C)CC1CCCO1. The molecule has 0 aromatic carbocycles. The van der Waals surface area contributed by atoms with Crippen LogP contribution in [-0.4, -0.2) is 65.8 Å². The summed E-state index contributed by atoms with van der Waals surface area (Å²) < 4.78 is 5.47. The van der Waals surface area contributed by atoms with E-state index in [-0.39, 0.29) is 24.7 Å². The van der Waals surface area contributed by atoms with E-state index in [1.54, 1.807) is 25.8 Å². The first-order chi connectivity index (χ1) is 8.41. The minimum Gasteiger partial charge on any atom is -0.480 e. The van der Waals surface area contributed by atoms with E-state index in [9.17, 15) is 9.59 Å². The lowest BCUT2D eigenvalue weighted by atomic mass is 10.2. The zero-order valence-electron chi connectivity index (χ0n) is 11.3. The van der Waals surface area contributed by atoms with Crippen molar-refractivity contribution in [1.29, 1.82) is 0 Å². The first-order valence-electron chi connectivity index (χ1n) is 6.27. The van der Waals surface area contributed by atoms with Crippen LogP contribution in [0, 0.1) is 0 Å². The summed E-state index contributed by atoms with van der Waals surface area (Å²) in [5.41, 5.74) is 0. The van der Waals surface area contributed by atoms with E-state index in [2.05, 4.69) is 0 Å². The van der Waals surface area contributed by atoms with Gasteiger partial charge in [0.1, 0.15) is 6.54 Å². The molecule has 1 atom stereocenters. The van der Waals surface area contributed by atoms with E-state index in [4.69, 9.17) is 9.84 Å². The van der Waals surface area contributed by atoms with E-state index in [1.165, 1.54) is 4.90 Å². The molecule has 1 N–H and O–H groups in total. The standard InChI is InChI=1S/C12H22N2O4/c1-9(2)14(8-11(15)16)12(17)13(3)7-10-5-4-6-18-10/h9-10H,4-8H2,1-3H3,(H,15,16). The third-order valence-corrected chi connectivity index (χ3v) is 3.00. The summed E-state index contributed by atoms with van der Waals surface area (Å²) in [5.74, 6) is -0.998. The molecule has 1 aliphatic rings. The number of rotatable bonds is 5. The number of amides is 2. The molecule has 104 valence electrons. The smallest absolute Gasteiger partial charge is 0.323 e. The maximum absolute atomic E-state index is 12.1. The van der Waals surface area contributed by atoms with Crippen molar-refractivity contribution in [2.75, 3.05) is 26.7 Å². The maximum atomic E-state index is 12.1. The van der Waals surface area contributed by atoms with Crippen molar-refractivity contribution in [2.45, 2.75) is 38.8 Å². The van der Waals surface area contributed by atoms with E-state index in [0.29, 0.717) is 6.54 Å². The first kappa shape index (κ1) is 14.8. The number of ether oxygens (including phenoxy) is 1. The number of carboxylic acid groups (broad SMARTS) is 1. The fraction of sp³-hybridized carbons (Fsp3) is 0.833. The number of carbonyl (C=O) groups is 2. The number of aliphatic carboxylic acids is 1. The lowest BCUT2D eigenvalue weighted by Crippen LogP contribution is -2.48. The van der Waals surface area contributed by atoms with Gasteiger partial charge in [-0.15, -0.1) is 0 Å². The maximum Gasteiger partial charge on any atom is 0.323 e. The molecule has 1 unspecified atom stereocenters. The van der Waals surface area contributed by atoms with Crippen molar-refractivity contribution >= 4 is 12.0 Å². The van der Waals surface area contributed by atoms with E-state index in [1.807, 2.05) is 0 Å². The zero-order valence-corrected chi connectivity index (χ0v) is 11.3. The van der Waals surface area contributed by atoms with Gasteiger partial charge in [-0.2, -0.15) is 0 Å². The molecule has 0 aliphatic carbocycles. The van der Waals surface area contributed by atoms with E-state index >= 15 is 0 Å². The minimum atomic E-state index is -0.998. The normalized spacial score (nSPS) is 19.0. The number of hydrogen-bond acceptors (Lipinski definition) is 3. The average molecular weight is 258 g/mol. The molecule has 1 aliphatic heterocycles. The molecule has 1 rings (SSSR count). The lowest BCUT2D eigenvalue weighted by molar-refractivity contribution is -0.138. The van der Waals surface area contributed by atoms with Gasteiger partial charge in [0, 0.05) is 26.2 Å². The van der Waals surface area contributed by atoms with E-state index in [0.717, 1.165) is 19.4 Å². The van der Waals surface area contributed by atoms with Crippen LogP contribution in [-0.2, 0) is 9.53 Å². The Labute approximate surface area is 107 Å². The third-order valence-electron chi connectivity index (χ3n) is 3.00. The van der Waals surface area contributed by atoms with Crippen LogP contribution in [0.2, 0.25) is 0 Å². The Bertz CT molecular complexity index is 300. The number of likely N-dealkylation sites (N-methyl/N-ethyl adjacent to an activating group) is 1. The largest absolute Gasteiger partial charge is 0.480 e. The molecular weight excluding hydrogens is 236 g/mol. The average Bonchev–Trinajstić information content (AvgIpc) is 2.77. The summed E-state index contributed by atoms with van der Waals surface area (Å²) in [7, 11) is 1.68. The number of hydrogen-bond donors (Lipinski definition) is 1. The number of nitrogens with zero attached hydrogens (tertiary/aromatic N) is 2. The molecule has 1 heterocycles. The molecular formula is C12H22N2O4. The van der Waals surface area contributed by atoms with E-state index < -0.39 is 5.97 Å². The van der Waals surface area contributed by atoms with Crippen LogP contribution < -0.4 is 0 Å². The molecule has 0 spiro atoms. The quantitative estimate of drug-likeness (QED) is 0.799. The summed E-state index contributed by atoms with van der Waals surface area (Å²) >= 11 is 0. The van der Waals surface area contributed by atoms with Crippen molar-refractivity contribution in [1.82, 2.24) is 9.80 Å². The van der Waals surface area contributed by atoms with Crippen LogP contribution in [0.15, 0.2) is 0 Å². The van der Waals surface area contributed by atoms with Gasteiger partial charge in [-0.25, -0.2) is 4.79 Å².